The highest BCUT2D eigenvalue weighted by molar-refractivity contribution is 5.94. The van der Waals surface area contributed by atoms with Crippen molar-refractivity contribution in [2.45, 2.75) is 6.42 Å². The maximum absolute atomic E-state index is 12.2. The number of carbonyl (C=O) groups excluding carboxylic acids is 1. The molecule has 4 nitrogen and oxygen atoms in total. The monoisotopic (exact) mass is 229 g/mol. The molecule has 0 unspecified atom stereocenters. The number of amides is 1. The molecule has 0 bridgehead atoms. The molecule has 0 aliphatic carbocycles. The van der Waals surface area contributed by atoms with Crippen LogP contribution in [0.3, 0.4) is 0 Å². The molecule has 1 aromatic rings. The normalized spacial score (nSPS) is 16.1. The zero-order valence-electron chi connectivity index (χ0n) is 9.65. The van der Waals surface area contributed by atoms with Crippen molar-refractivity contribution < 1.29 is 4.79 Å². The topological polar surface area (TPSA) is 56.1 Å². The van der Waals surface area contributed by atoms with Crippen LogP contribution in [-0.4, -0.2) is 37.0 Å². The van der Waals surface area contributed by atoms with E-state index >= 15 is 0 Å². The van der Waals surface area contributed by atoms with Crippen molar-refractivity contribution in [1.82, 2.24) is 10.2 Å². The van der Waals surface area contributed by atoms with Crippen molar-refractivity contribution >= 4 is 5.91 Å². The highest BCUT2D eigenvalue weighted by Crippen LogP contribution is 2.08. The lowest BCUT2D eigenvalue weighted by Gasteiger charge is -2.19. The van der Waals surface area contributed by atoms with Crippen LogP contribution in [0.2, 0.25) is 0 Å². The van der Waals surface area contributed by atoms with E-state index in [0.29, 0.717) is 11.1 Å². The average Bonchev–Trinajstić information content (AvgIpc) is 2.67. The Kier molecular flexibility index (Phi) is 3.73. The maximum atomic E-state index is 12.2. The Morgan fingerprint density at radius 3 is 2.71 bits per heavy atom. The quantitative estimate of drug-likeness (QED) is 0.781. The summed E-state index contributed by atoms with van der Waals surface area (Å²) in [5.74, 6) is 0.0539. The third kappa shape index (κ3) is 2.83. The van der Waals surface area contributed by atoms with Crippen LogP contribution in [0.25, 0.3) is 0 Å². The number of hydrogen-bond acceptors (Lipinski definition) is 3. The van der Waals surface area contributed by atoms with Gasteiger partial charge >= 0.3 is 0 Å². The highest BCUT2D eigenvalue weighted by atomic mass is 16.2. The summed E-state index contributed by atoms with van der Waals surface area (Å²) in [7, 11) is 0. The Balaban J connectivity index is 2.09. The number of nitrogens with one attached hydrogen (secondary N) is 1. The van der Waals surface area contributed by atoms with Crippen molar-refractivity contribution in [2.24, 2.45) is 0 Å². The molecule has 0 radical (unpaired) electrons. The Labute approximate surface area is 101 Å². The fourth-order valence-electron chi connectivity index (χ4n) is 1.92. The van der Waals surface area contributed by atoms with E-state index in [1.165, 1.54) is 0 Å². The van der Waals surface area contributed by atoms with Crippen LogP contribution in [0.4, 0.5) is 0 Å². The van der Waals surface area contributed by atoms with Crippen molar-refractivity contribution in [3.63, 3.8) is 0 Å². The average molecular weight is 229 g/mol. The molecule has 0 spiro atoms. The van der Waals surface area contributed by atoms with Gasteiger partial charge in [-0.25, -0.2) is 0 Å². The highest BCUT2D eigenvalue weighted by Gasteiger charge is 2.16. The van der Waals surface area contributed by atoms with Gasteiger partial charge in [0.1, 0.15) is 0 Å². The Hall–Kier alpha value is -1.86. The number of nitrogens with zero attached hydrogens (tertiary/aromatic N) is 2. The molecule has 1 aliphatic heterocycles. The van der Waals surface area contributed by atoms with Gasteiger partial charge in [-0.3, -0.25) is 4.79 Å². The molecule has 1 saturated heterocycles. The van der Waals surface area contributed by atoms with Gasteiger partial charge in [0.15, 0.2) is 0 Å². The number of benzene rings is 1. The van der Waals surface area contributed by atoms with Crippen LogP contribution < -0.4 is 5.32 Å². The predicted molar refractivity (Wildman–Crippen MR) is 64.5 cm³/mol. The molecule has 1 N–H and O–H groups in total. The summed E-state index contributed by atoms with van der Waals surface area (Å²) in [6, 6.07) is 8.86. The molecule has 1 fully saturated rings. The first-order valence-electron chi connectivity index (χ1n) is 5.81. The van der Waals surface area contributed by atoms with E-state index in [4.69, 9.17) is 5.26 Å². The Morgan fingerprint density at radius 1 is 1.24 bits per heavy atom. The minimum atomic E-state index is 0.0539. The first-order chi connectivity index (χ1) is 8.31. The number of hydrogen-bond donors (Lipinski definition) is 1. The van der Waals surface area contributed by atoms with Gasteiger partial charge in [0.25, 0.3) is 5.91 Å². The lowest BCUT2D eigenvalue weighted by atomic mass is 10.1. The van der Waals surface area contributed by atoms with Crippen molar-refractivity contribution in [1.29, 1.82) is 5.26 Å². The summed E-state index contributed by atoms with van der Waals surface area (Å²) in [6.07, 6.45) is 0.988. The second-order valence-electron chi connectivity index (χ2n) is 4.08. The lowest BCUT2D eigenvalue weighted by molar-refractivity contribution is 0.0766. The largest absolute Gasteiger partial charge is 0.337 e. The molecular formula is C13H15N3O. The minimum absolute atomic E-state index is 0.0539. The van der Waals surface area contributed by atoms with Crippen LogP contribution in [-0.2, 0) is 0 Å². The van der Waals surface area contributed by atoms with Crippen LogP contribution in [0, 0.1) is 11.3 Å². The molecule has 17 heavy (non-hydrogen) atoms. The molecule has 1 aliphatic rings. The molecule has 0 aromatic heterocycles. The van der Waals surface area contributed by atoms with Crippen LogP contribution >= 0.6 is 0 Å². The lowest BCUT2D eigenvalue weighted by Crippen LogP contribution is -2.34. The number of rotatable bonds is 1. The van der Waals surface area contributed by atoms with Gasteiger partial charge in [-0.2, -0.15) is 5.26 Å². The van der Waals surface area contributed by atoms with Crippen molar-refractivity contribution in [2.75, 3.05) is 26.2 Å². The van der Waals surface area contributed by atoms with E-state index < -0.39 is 0 Å². The summed E-state index contributed by atoms with van der Waals surface area (Å²) < 4.78 is 0. The summed E-state index contributed by atoms with van der Waals surface area (Å²) in [5.41, 5.74) is 1.24. The van der Waals surface area contributed by atoms with Gasteiger partial charge in [0.2, 0.25) is 0 Å². The first kappa shape index (κ1) is 11.6. The fourth-order valence-corrected chi connectivity index (χ4v) is 1.92. The molecule has 1 heterocycles. The molecule has 1 aromatic carbocycles. The summed E-state index contributed by atoms with van der Waals surface area (Å²) in [5, 5.41) is 12.0. The van der Waals surface area contributed by atoms with Gasteiger partial charge in [-0.05, 0) is 37.2 Å². The smallest absolute Gasteiger partial charge is 0.253 e. The van der Waals surface area contributed by atoms with Gasteiger partial charge in [0, 0.05) is 25.2 Å². The number of carbonyl (C=O) groups is 1. The van der Waals surface area contributed by atoms with E-state index in [1.807, 2.05) is 11.0 Å². The maximum Gasteiger partial charge on any atom is 0.253 e. The minimum Gasteiger partial charge on any atom is -0.337 e. The van der Waals surface area contributed by atoms with Crippen molar-refractivity contribution in [3.8, 4) is 6.07 Å². The van der Waals surface area contributed by atoms with E-state index in [1.54, 1.807) is 24.3 Å². The van der Waals surface area contributed by atoms with Gasteiger partial charge in [-0.15, -0.1) is 0 Å². The molecule has 2 rings (SSSR count). The van der Waals surface area contributed by atoms with Crippen LogP contribution in [0.1, 0.15) is 22.3 Å². The summed E-state index contributed by atoms with van der Waals surface area (Å²) >= 11 is 0. The molecule has 4 heteroatoms. The third-order valence-corrected chi connectivity index (χ3v) is 2.89. The van der Waals surface area contributed by atoms with Gasteiger partial charge in [0.05, 0.1) is 11.6 Å². The Bertz CT molecular complexity index is 425. The van der Waals surface area contributed by atoms with Gasteiger partial charge in [-0.1, -0.05) is 0 Å². The molecule has 88 valence electrons. The summed E-state index contributed by atoms with van der Waals surface area (Å²) in [6.45, 7) is 3.36. The molecular weight excluding hydrogens is 214 g/mol. The predicted octanol–water partition coefficient (Wildman–Crippen LogP) is 0.994. The standard InChI is InChI=1S/C13H15N3O/c14-10-11-2-4-12(5-3-11)13(17)16-8-1-6-15-7-9-16/h2-5,15H,1,6-9H2. The van der Waals surface area contributed by atoms with Crippen LogP contribution in [0.15, 0.2) is 24.3 Å². The zero-order valence-corrected chi connectivity index (χ0v) is 9.65. The fraction of sp³-hybridized carbons (Fsp3) is 0.385. The second-order valence-corrected chi connectivity index (χ2v) is 4.08. The van der Waals surface area contributed by atoms with Gasteiger partial charge < -0.3 is 10.2 Å². The second kappa shape index (κ2) is 5.46. The number of nitriles is 1. The first-order valence-corrected chi connectivity index (χ1v) is 5.81. The molecule has 1 amide bonds. The third-order valence-electron chi connectivity index (χ3n) is 2.89. The van der Waals surface area contributed by atoms with E-state index in [9.17, 15) is 4.79 Å². The summed E-state index contributed by atoms with van der Waals surface area (Å²) in [4.78, 5) is 14.0. The van der Waals surface area contributed by atoms with Crippen LogP contribution in [0.5, 0.6) is 0 Å². The zero-order chi connectivity index (χ0) is 12.1. The van der Waals surface area contributed by atoms with Crippen molar-refractivity contribution in [3.05, 3.63) is 35.4 Å². The molecule has 0 saturated carbocycles. The van der Waals surface area contributed by atoms with E-state index in [-0.39, 0.29) is 5.91 Å². The Morgan fingerprint density at radius 2 is 2.00 bits per heavy atom. The van der Waals surface area contributed by atoms with E-state index in [2.05, 4.69) is 5.32 Å². The van der Waals surface area contributed by atoms with E-state index in [0.717, 1.165) is 32.6 Å². The SMILES string of the molecule is N#Cc1ccc(C(=O)N2CCCNCC2)cc1. The molecule has 0 atom stereocenters.